The maximum absolute atomic E-state index is 10.9. The van der Waals surface area contributed by atoms with Gasteiger partial charge in [0.05, 0.1) is 6.10 Å². The Morgan fingerprint density at radius 1 is 0.900 bits per heavy atom. The van der Waals surface area contributed by atoms with Crippen molar-refractivity contribution < 1.29 is 14.3 Å². The number of carbonyl (C=O) groups is 2. The Hall–Kier alpha value is -2.42. The van der Waals surface area contributed by atoms with Gasteiger partial charge in [-0.3, -0.25) is 9.59 Å². The molecule has 102 valence electrons. The molecule has 0 bridgehead atoms. The zero-order chi connectivity index (χ0) is 14.5. The van der Waals surface area contributed by atoms with Gasteiger partial charge < -0.3 is 4.74 Å². The summed E-state index contributed by atoms with van der Waals surface area (Å²) < 4.78 is 5.77. The zero-order valence-electron chi connectivity index (χ0n) is 11.5. The third-order valence-corrected chi connectivity index (χ3v) is 2.86. The number of hydrogen-bond donors (Lipinski definition) is 0. The first-order chi connectivity index (χ1) is 9.63. The fraction of sp³-hybridized carbons (Fsp3) is 0.176. The van der Waals surface area contributed by atoms with Crippen LogP contribution in [0.1, 0.15) is 34.6 Å². The van der Waals surface area contributed by atoms with Crippen molar-refractivity contribution in [2.24, 2.45) is 0 Å². The Bertz CT molecular complexity index is 613. The van der Waals surface area contributed by atoms with E-state index in [2.05, 4.69) is 0 Å². The molecule has 0 N–H and O–H groups in total. The van der Waals surface area contributed by atoms with Gasteiger partial charge in [0.1, 0.15) is 18.3 Å². The summed E-state index contributed by atoms with van der Waals surface area (Å²) >= 11 is 0. The molecule has 0 aromatic heterocycles. The summed E-state index contributed by atoms with van der Waals surface area (Å²) in [5.74, 6) is 0.670. The number of ether oxygens (including phenoxy) is 1. The fourth-order valence-corrected chi connectivity index (χ4v) is 1.94. The first kappa shape index (κ1) is 14.0. The molecule has 0 aliphatic carbocycles. The van der Waals surface area contributed by atoms with Crippen LogP contribution in [0.3, 0.4) is 0 Å². The van der Waals surface area contributed by atoms with E-state index in [9.17, 15) is 9.59 Å². The molecule has 2 aromatic carbocycles. The maximum atomic E-state index is 10.9. The van der Waals surface area contributed by atoms with Gasteiger partial charge in [-0.05, 0) is 31.5 Å². The van der Waals surface area contributed by atoms with E-state index in [-0.39, 0.29) is 6.10 Å². The van der Waals surface area contributed by atoms with Crippen molar-refractivity contribution in [3.63, 3.8) is 0 Å². The van der Waals surface area contributed by atoms with E-state index in [1.165, 1.54) is 0 Å². The van der Waals surface area contributed by atoms with Crippen LogP contribution >= 0.6 is 0 Å². The third-order valence-electron chi connectivity index (χ3n) is 2.86. The Labute approximate surface area is 118 Å². The molecule has 2 aromatic rings. The lowest BCUT2D eigenvalue weighted by atomic mass is 10.0. The van der Waals surface area contributed by atoms with Crippen molar-refractivity contribution in [2.75, 3.05) is 0 Å². The Balaban J connectivity index is 2.47. The largest absolute Gasteiger partial charge is 0.490 e. The highest BCUT2D eigenvalue weighted by Crippen LogP contribution is 2.31. The highest BCUT2D eigenvalue weighted by atomic mass is 16.5. The summed E-state index contributed by atoms with van der Waals surface area (Å²) in [5, 5.41) is 0. The Kier molecular flexibility index (Phi) is 4.31. The first-order valence-electron chi connectivity index (χ1n) is 6.45. The van der Waals surface area contributed by atoms with E-state index in [1.807, 2.05) is 32.0 Å². The molecule has 2 rings (SSSR count). The van der Waals surface area contributed by atoms with Crippen molar-refractivity contribution in [3.05, 3.63) is 53.6 Å². The minimum absolute atomic E-state index is 0.0184. The van der Waals surface area contributed by atoms with E-state index in [0.29, 0.717) is 16.9 Å². The lowest BCUT2D eigenvalue weighted by Crippen LogP contribution is -2.07. The summed E-state index contributed by atoms with van der Waals surface area (Å²) in [6.07, 6.45) is 1.63. The van der Waals surface area contributed by atoms with Gasteiger partial charge in [-0.1, -0.05) is 30.3 Å². The van der Waals surface area contributed by atoms with Crippen LogP contribution in [0.25, 0.3) is 11.1 Å². The molecule has 0 heterocycles. The second-order valence-corrected chi connectivity index (χ2v) is 4.78. The average Bonchev–Trinajstić information content (AvgIpc) is 2.46. The maximum Gasteiger partial charge on any atom is 0.150 e. The first-order valence-corrected chi connectivity index (χ1v) is 6.45. The summed E-state index contributed by atoms with van der Waals surface area (Å²) in [6, 6.07) is 12.6. The van der Waals surface area contributed by atoms with E-state index in [4.69, 9.17) is 4.74 Å². The topological polar surface area (TPSA) is 43.4 Å². The number of aldehydes is 2. The van der Waals surface area contributed by atoms with Crippen molar-refractivity contribution in [1.82, 2.24) is 0 Å². The van der Waals surface area contributed by atoms with Gasteiger partial charge in [0.15, 0.2) is 0 Å². The normalized spacial score (nSPS) is 10.3. The molecule has 0 radical (unpaired) electrons. The molecular formula is C17H16O3. The monoisotopic (exact) mass is 268 g/mol. The molecule has 0 saturated carbocycles. The summed E-state index contributed by atoms with van der Waals surface area (Å²) in [4.78, 5) is 21.6. The molecule has 20 heavy (non-hydrogen) atoms. The molecule has 3 heteroatoms. The van der Waals surface area contributed by atoms with Gasteiger partial charge in [-0.15, -0.1) is 0 Å². The Morgan fingerprint density at radius 3 is 2.05 bits per heavy atom. The second kappa shape index (κ2) is 6.15. The van der Waals surface area contributed by atoms with Crippen LogP contribution in [0.15, 0.2) is 42.5 Å². The van der Waals surface area contributed by atoms with E-state index >= 15 is 0 Å². The highest BCUT2D eigenvalue weighted by Gasteiger charge is 2.09. The SMILES string of the molecule is CC(C)Oc1cc(C=O)ccc1-c1ccc(C=O)cc1. The van der Waals surface area contributed by atoms with Gasteiger partial charge in [0.2, 0.25) is 0 Å². The molecule has 0 aliphatic rings. The molecule has 0 saturated heterocycles. The summed E-state index contributed by atoms with van der Waals surface area (Å²) in [7, 11) is 0. The van der Waals surface area contributed by atoms with Crippen LogP contribution in [-0.2, 0) is 0 Å². The predicted octanol–water partition coefficient (Wildman–Crippen LogP) is 3.77. The van der Waals surface area contributed by atoms with Gasteiger partial charge in [-0.25, -0.2) is 0 Å². The third kappa shape index (κ3) is 3.12. The van der Waals surface area contributed by atoms with Crippen LogP contribution in [0.4, 0.5) is 0 Å². The highest BCUT2D eigenvalue weighted by molar-refractivity contribution is 5.81. The van der Waals surface area contributed by atoms with Crippen LogP contribution in [0.2, 0.25) is 0 Å². The van der Waals surface area contributed by atoms with Crippen LogP contribution < -0.4 is 4.74 Å². The quantitative estimate of drug-likeness (QED) is 0.775. The molecule has 0 amide bonds. The minimum Gasteiger partial charge on any atom is -0.490 e. The van der Waals surface area contributed by atoms with Crippen LogP contribution in [-0.4, -0.2) is 18.7 Å². The lowest BCUT2D eigenvalue weighted by Gasteiger charge is -2.15. The van der Waals surface area contributed by atoms with Crippen molar-refractivity contribution in [2.45, 2.75) is 20.0 Å². The lowest BCUT2D eigenvalue weighted by molar-refractivity contribution is 0.111. The van der Waals surface area contributed by atoms with Crippen molar-refractivity contribution in [1.29, 1.82) is 0 Å². The minimum atomic E-state index is 0.0184. The standard InChI is InChI=1S/C17H16O3/c1-12(2)20-17-9-14(11-19)5-8-16(17)15-6-3-13(10-18)4-7-15/h3-12H,1-2H3. The number of benzene rings is 2. The summed E-state index contributed by atoms with van der Waals surface area (Å²) in [5.41, 5.74) is 3.06. The molecule has 0 atom stereocenters. The number of hydrogen-bond acceptors (Lipinski definition) is 3. The number of carbonyl (C=O) groups excluding carboxylic acids is 2. The average molecular weight is 268 g/mol. The van der Waals surface area contributed by atoms with Crippen LogP contribution in [0.5, 0.6) is 5.75 Å². The van der Waals surface area contributed by atoms with Gasteiger partial charge in [0.25, 0.3) is 0 Å². The molecule has 0 aliphatic heterocycles. The van der Waals surface area contributed by atoms with Crippen molar-refractivity contribution in [3.8, 4) is 16.9 Å². The summed E-state index contributed by atoms with van der Waals surface area (Å²) in [6.45, 7) is 3.87. The second-order valence-electron chi connectivity index (χ2n) is 4.78. The molecular weight excluding hydrogens is 252 g/mol. The fourth-order valence-electron chi connectivity index (χ4n) is 1.94. The Morgan fingerprint density at radius 2 is 1.50 bits per heavy atom. The van der Waals surface area contributed by atoms with Crippen molar-refractivity contribution >= 4 is 12.6 Å². The van der Waals surface area contributed by atoms with E-state index in [0.717, 1.165) is 23.7 Å². The predicted molar refractivity (Wildman–Crippen MR) is 78.4 cm³/mol. The van der Waals surface area contributed by atoms with Gasteiger partial charge in [-0.2, -0.15) is 0 Å². The molecule has 0 unspecified atom stereocenters. The zero-order valence-corrected chi connectivity index (χ0v) is 11.5. The molecule has 0 spiro atoms. The molecule has 3 nitrogen and oxygen atoms in total. The number of rotatable bonds is 5. The van der Waals surface area contributed by atoms with Gasteiger partial charge >= 0.3 is 0 Å². The van der Waals surface area contributed by atoms with E-state index in [1.54, 1.807) is 24.3 Å². The molecule has 0 fully saturated rings. The van der Waals surface area contributed by atoms with E-state index < -0.39 is 0 Å². The van der Waals surface area contributed by atoms with Crippen LogP contribution in [0, 0.1) is 0 Å². The smallest absolute Gasteiger partial charge is 0.150 e. The van der Waals surface area contributed by atoms with Gasteiger partial charge in [0, 0.05) is 16.7 Å².